The second-order valence-corrected chi connectivity index (χ2v) is 8.15. The molecular formula is C26H24FN3O2. The number of phenolic OH excluding ortho intramolecular Hbond substituents is 1. The Morgan fingerprint density at radius 1 is 1.06 bits per heavy atom. The topological polar surface area (TPSA) is 84.3 Å². The van der Waals surface area contributed by atoms with Gasteiger partial charge in [0.05, 0.1) is 5.52 Å². The fourth-order valence-electron chi connectivity index (χ4n) is 4.70. The van der Waals surface area contributed by atoms with Gasteiger partial charge in [-0.25, -0.2) is 4.39 Å². The molecule has 32 heavy (non-hydrogen) atoms. The predicted molar refractivity (Wildman–Crippen MR) is 125 cm³/mol. The summed E-state index contributed by atoms with van der Waals surface area (Å²) in [5, 5.41) is 18.9. The number of nitrogens with zero attached hydrogens (tertiary/aromatic N) is 1. The first-order valence-electron chi connectivity index (χ1n) is 10.7. The van der Waals surface area contributed by atoms with Gasteiger partial charge in [0.2, 0.25) is 0 Å². The number of benzene rings is 3. The van der Waals surface area contributed by atoms with Crippen molar-refractivity contribution in [3.63, 3.8) is 0 Å². The molecule has 1 aliphatic heterocycles. The minimum absolute atomic E-state index is 0.187. The Morgan fingerprint density at radius 2 is 1.81 bits per heavy atom. The van der Waals surface area contributed by atoms with Crippen molar-refractivity contribution in [2.75, 3.05) is 18.9 Å². The van der Waals surface area contributed by atoms with Gasteiger partial charge in [0.25, 0.3) is 0 Å². The van der Waals surface area contributed by atoms with Crippen molar-refractivity contribution in [3.8, 4) is 22.6 Å². The van der Waals surface area contributed by atoms with Crippen molar-refractivity contribution in [2.45, 2.75) is 18.8 Å². The van der Waals surface area contributed by atoms with Gasteiger partial charge in [0.1, 0.15) is 11.6 Å². The van der Waals surface area contributed by atoms with Crippen molar-refractivity contribution in [1.29, 1.82) is 5.41 Å². The summed E-state index contributed by atoms with van der Waals surface area (Å²) >= 11 is 0. The van der Waals surface area contributed by atoms with E-state index in [4.69, 9.17) is 15.9 Å². The smallest absolute Gasteiger partial charge is 0.123 e. The van der Waals surface area contributed by atoms with E-state index in [-0.39, 0.29) is 17.5 Å². The third-order valence-electron chi connectivity index (χ3n) is 6.19. The highest BCUT2D eigenvalue weighted by Crippen LogP contribution is 2.45. The number of fused-ring (bicyclic) bond motifs is 1. The Kier molecular flexibility index (Phi) is 5.15. The Bertz CT molecular complexity index is 1310. The molecule has 1 aromatic heterocycles. The highest BCUT2D eigenvalue weighted by molar-refractivity contribution is 6.04. The van der Waals surface area contributed by atoms with Crippen molar-refractivity contribution in [2.24, 2.45) is 0 Å². The second-order valence-electron chi connectivity index (χ2n) is 8.15. The Labute approximate surface area is 185 Å². The van der Waals surface area contributed by atoms with Crippen LogP contribution in [-0.2, 0) is 4.74 Å². The number of ether oxygens (including phenoxy) is 1. The number of nitrogen functional groups attached to an aromatic ring is 1. The van der Waals surface area contributed by atoms with Crippen LogP contribution in [0.2, 0.25) is 0 Å². The largest absolute Gasteiger partial charge is 0.508 e. The summed E-state index contributed by atoms with van der Waals surface area (Å²) < 4.78 is 21.5. The van der Waals surface area contributed by atoms with E-state index >= 15 is 0 Å². The molecule has 1 fully saturated rings. The highest BCUT2D eigenvalue weighted by atomic mass is 19.1. The van der Waals surface area contributed by atoms with Gasteiger partial charge in [-0.05, 0) is 66.9 Å². The van der Waals surface area contributed by atoms with E-state index in [2.05, 4.69) is 4.57 Å². The maximum absolute atomic E-state index is 13.8. The molecule has 4 aromatic rings. The van der Waals surface area contributed by atoms with E-state index in [0.29, 0.717) is 24.5 Å². The molecule has 6 heteroatoms. The quantitative estimate of drug-likeness (QED) is 0.291. The maximum atomic E-state index is 13.8. The van der Waals surface area contributed by atoms with E-state index in [1.54, 1.807) is 24.3 Å². The van der Waals surface area contributed by atoms with Crippen LogP contribution >= 0.6 is 0 Å². The number of anilines is 1. The van der Waals surface area contributed by atoms with E-state index < -0.39 is 0 Å². The second kappa shape index (κ2) is 8.13. The van der Waals surface area contributed by atoms with Crippen LogP contribution in [0.1, 0.15) is 30.0 Å². The van der Waals surface area contributed by atoms with Crippen LogP contribution in [0.5, 0.6) is 5.75 Å². The molecule has 162 valence electrons. The summed E-state index contributed by atoms with van der Waals surface area (Å²) in [7, 11) is 0. The first-order valence-corrected chi connectivity index (χ1v) is 10.7. The number of phenols is 1. The van der Waals surface area contributed by atoms with Crippen LogP contribution in [0.4, 0.5) is 10.1 Å². The van der Waals surface area contributed by atoms with E-state index in [1.165, 1.54) is 18.3 Å². The third-order valence-corrected chi connectivity index (χ3v) is 6.19. The summed E-state index contributed by atoms with van der Waals surface area (Å²) in [5.74, 6) is 0.103. The average Bonchev–Trinajstić information content (AvgIpc) is 3.13. The lowest BCUT2D eigenvalue weighted by atomic mass is 9.89. The molecule has 5 nitrogen and oxygen atoms in total. The Balaban J connectivity index is 1.92. The molecule has 3 aromatic carbocycles. The summed E-state index contributed by atoms with van der Waals surface area (Å²) in [6, 6.07) is 17.5. The van der Waals surface area contributed by atoms with Gasteiger partial charge in [-0.2, -0.15) is 0 Å². The van der Waals surface area contributed by atoms with Gasteiger partial charge < -0.3 is 25.6 Å². The minimum atomic E-state index is -0.296. The van der Waals surface area contributed by atoms with Crippen molar-refractivity contribution < 1.29 is 14.2 Å². The first-order chi connectivity index (χ1) is 15.6. The molecule has 0 unspecified atom stereocenters. The highest BCUT2D eigenvalue weighted by Gasteiger charge is 2.28. The summed E-state index contributed by atoms with van der Waals surface area (Å²) in [5.41, 5.74) is 12.1. The average molecular weight is 429 g/mol. The van der Waals surface area contributed by atoms with Crippen LogP contribution in [0.3, 0.4) is 0 Å². The number of aromatic hydroxyl groups is 1. The number of nitrogens with two attached hydrogens (primary N) is 1. The summed E-state index contributed by atoms with van der Waals surface area (Å²) in [6.07, 6.45) is 2.96. The number of aromatic nitrogens is 1. The molecule has 4 N–H and O–H groups in total. The van der Waals surface area contributed by atoms with Crippen molar-refractivity contribution in [1.82, 2.24) is 4.57 Å². The number of nitrogens with one attached hydrogen (secondary N) is 1. The molecule has 0 aliphatic carbocycles. The lowest BCUT2D eigenvalue weighted by Gasteiger charge is -2.26. The van der Waals surface area contributed by atoms with Gasteiger partial charge in [0, 0.05) is 58.9 Å². The van der Waals surface area contributed by atoms with Gasteiger partial charge in [-0.3, -0.25) is 0 Å². The fourth-order valence-corrected chi connectivity index (χ4v) is 4.70. The molecule has 0 radical (unpaired) electrons. The first kappa shape index (κ1) is 20.3. The van der Waals surface area contributed by atoms with Crippen LogP contribution in [0, 0.1) is 11.2 Å². The predicted octanol–water partition coefficient (Wildman–Crippen LogP) is 5.62. The monoisotopic (exact) mass is 429 g/mol. The van der Waals surface area contributed by atoms with E-state index in [1.807, 2.05) is 24.3 Å². The Morgan fingerprint density at radius 3 is 2.50 bits per heavy atom. The van der Waals surface area contributed by atoms with E-state index in [9.17, 15) is 9.50 Å². The SMILES string of the molecule is N=Cc1cc2c(cc1N)c(-c1cccc(O)c1)c(C1CCOCC1)n2-c1ccc(F)cc1. The zero-order valence-corrected chi connectivity index (χ0v) is 17.5. The molecule has 5 rings (SSSR count). The molecule has 0 spiro atoms. The van der Waals surface area contributed by atoms with Gasteiger partial charge in [0.15, 0.2) is 0 Å². The molecule has 0 saturated carbocycles. The molecule has 0 atom stereocenters. The lowest BCUT2D eigenvalue weighted by molar-refractivity contribution is 0.0843. The van der Waals surface area contributed by atoms with Crippen LogP contribution < -0.4 is 5.73 Å². The van der Waals surface area contributed by atoms with Gasteiger partial charge >= 0.3 is 0 Å². The maximum Gasteiger partial charge on any atom is 0.123 e. The van der Waals surface area contributed by atoms with Crippen molar-refractivity contribution in [3.05, 3.63) is 77.7 Å². The number of hydrogen-bond donors (Lipinski definition) is 3. The molecule has 2 heterocycles. The lowest BCUT2D eigenvalue weighted by Crippen LogP contribution is -2.17. The van der Waals surface area contributed by atoms with Gasteiger partial charge in [-0.1, -0.05) is 12.1 Å². The number of rotatable bonds is 4. The zero-order chi connectivity index (χ0) is 22.2. The summed E-state index contributed by atoms with van der Waals surface area (Å²) in [4.78, 5) is 0. The molecule has 0 bridgehead atoms. The van der Waals surface area contributed by atoms with Crippen molar-refractivity contribution >= 4 is 22.8 Å². The fraction of sp³-hybridized carbons (Fsp3) is 0.192. The third kappa shape index (κ3) is 3.42. The summed E-state index contributed by atoms with van der Waals surface area (Å²) in [6.45, 7) is 1.34. The molecular weight excluding hydrogens is 405 g/mol. The number of halogens is 1. The molecule has 0 amide bonds. The van der Waals surface area contributed by atoms with Crippen LogP contribution in [0.15, 0.2) is 60.7 Å². The normalized spacial score (nSPS) is 14.7. The molecule has 1 saturated heterocycles. The van der Waals surface area contributed by atoms with Crippen LogP contribution in [-0.4, -0.2) is 29.1 Å². The Hall–Kier alpha value is -3.64. The minimum Gasteiger partial charge on any atom is -0.508 e. The standard InChI is InChI=1S/C26H24FN3O2/c27-19-4-6-20(7-5-19)30-24-13-18(15-28)23(29)14-22(24)25(17-2-1-3-21(31)12-17)26(30)16-8-10-32-11-9-16/h1-7,12-16,28,31H,8-11,29H2. The number of hydrogen-bond acceptors (Lipinski definition) is 4. The van der Waals surface area contributed by atoms with E-state index in [0.717, 1.165) is 46.3 Å². The van der Waals surface area contributed by atoms with Gasteiger partial charge in [-0.15, -0.1) is 0 Å². The zero-order valence-electron chi connectivity index (χ0n) is 17.5. The molecule has 1 aliphatic rings. The van der Waals surface area contributed by atoms with Crippen LogP contribution in [0.25, 0.3) is 27.7 Å².